The molecule has 2 fully saturated rings. The summed E-state index contributed by atoms with van der Waals surface area (Å²) in [4.78, 5) is 0. The minimum Gasteiger partial charge on any atom is -0.239 e. The Morgan fingerprint density at radius 1 is 0.912 bits per heavy atom. The Labute approximate surface area is 205 Å². The molecule has 3 aliphatic carbocycles. The number of halogens is 2. The van der Waals surface area contributed by atoms with Crippen LogP contribution in [0.3, 0.4) is 0 Å². The molecular weight excluding hydrogens is 422 g/mol. The minimum absolute atomic E-state index is 0.219. The fraction of sp³-hybridized carbons (Fsp3) is 0.625. The lowest BCUT2D eigenvalue weighted by Gasteiger charge is -2.46. The molecule has 186 valence electrons. The summed E-state index contributed by atoms with van der Waals surface area (Å²) in [5.41, 5.74) is -0.718. The number of hydrogen-bond donors (Lipinski definition) is 0. The van der Waals surface area contributed by atoms with Crippen LogP contribution in [0.4, 0.5) is 8.78 Å². The van der Waals surface area contributed by atoms with Gasteiger partial charge < -0.3 is 0 Å². The SMILES string of the molecule is C/C=C/CCC1(C2CCC(C3CCC(/C=C/CCC)CC3)CC2)C=c2ccccc2=C(F)C1F. The van der Waals surface area contributed by atoms with Gasteiger partial charge >= 0.3 is 0 Å². The molecule has 3 aliphatic rings. The predicted octanol–water partition coefficient (Wildman–Crippen LogP) is 8.21. The lowest BCUT2D eigenvalue weighted by atomic mass is 9.59. The topological polar surface area (TPSA) is 0 Å². The van der Waals surface area contributed by atoms with Gasteiger partial charge in [-0.2, -0.15) is 0 Å². The van der Waals surface area contributed by atoms with Gasteiger partial charge in [0.05, 0.1) is 0 Å². The van der Waals surface area contributed by atoms with Gasteiger partial charge in [-0.3, -0.25) is 0 Å². The third-order valence-corrected chi connectivity index (χ3v) is 9.20. The Kier molecular flexibility index (Phi) is 8.83. The second kappa shape index (κ2) is 11.8. The number of fused-ring (bicyclic) bond motifs is 1. The summed E-state index contributed by atoms with van der Waals surface area (Å²) >= 11 is 0. The summed E-state index contributed by atoms with van der Waals surface area (Å²) < 4.78 is 31.3. The Hall–Kier alpha value is -1.70. The molecule has 1 aromatic rings. The van der Waals surface area contributed by atoms with Crippen LogP contribution in [0.15, 0.2) is 48.6 Å². The number of allylic oxidation sites excluding steroid dienone is 4. The first-order chi connectivity index (χ1) is 16.6. The average molecular weight is 467 g/mol. The van der Waals surface area contributed by atoms with Gasteiger partial charge in [0.25, 0.3) is 0 Å². The van der Waals surface area contributed by atoms with Crippen molar-refractivity contribution in [1.82, 2.24) is 0 Å². The van der Waals surface area contributed by atoms with Crippen LogP contribution in [-0.4, -0.2) is 6.17 Å². The summed E-state index contributed by atoms with van der Waals surface area (Å²) in [6, 6.07) is 7.45. The normalized spacial score (nSPS) is 34.4. The van der Waals surface area contributed by atoms with Crippen molar-refractivity contribution < 1.29 is 8.78 Å². The number of rotatable bonds is 8. The largest absolute Gasteiger partial charge is 0.239 e. The fourth-order valence-electron chi connectivity index (χ4n) is 7.20. The molecule has 34 heavy (non-hydrogen) atoms. The Morgan fingerprint density at radius 3 is 2.26 bits per heavy atom. The molecule has 1 aromatic carbocycles. The van der Waals surface area contributed by atoms with Gasteiger partial charge in [0.15, 0.2) is 6.17 Å². The molecule has 0 saturated heterocycles. The maximum atomic E-state index is 15.9. The van der Waals surface area contributed by atoms with Crippen molar-refractivity contribution in [3.8, 4) is 0 Å². The quantitative estimate of drug-likeness (QED) is 0.339. The highest BCUT2D eigenvalue weighted by Crippen LogP contribution is 2.52. The van der Waals surface area contributed by atoms with E-state index < -0.39 is 17.4 Å². The van der Waals surface area contributed by atoms with E-state index in [0.29, 0.717) is 11.6 Å². The van der Waals surface area contributed by atoms with Crippen LogP contribution in [0.2, 0.25) is 0 Å². The monoisotopic (exact) mass is 466 g/mol. The summed E-state index contributed by atoms with van der Waals surface area (Å²) in [6.45, 7) is 4.25. The van der Waals surface area contributed by atoms with Crippen LogP contribution in [0, 0.1) is 29.1 Å². The third-order valence-electron chi connectivity index (χ3n) is 9.20. The van der Waals surface area contributed by atoms with Crippen LogP contribution in [0.25, 0.3) is 11.9 Å². The van der Waals surface area contributed by atoms with Crippen LogP contribution in [0.1, 0.15) is 90.9 Å². The van der Waals surface area contributed by atoms with E-state index in [-0.39, 0.29) is 5.92 Å². The first-order valence-corrected chi connectivity index (χ1v) is 14.0. The van der Waals surface area contributed by atoms with Crippen molar-refractivity contribution in [3.63, 3.8) is 0 Å². The molecule has 0 aliphatic heterocycles. The smallest absolute Gasteiger partial charge is 0.161 e. The van der Waals surface area contributed by atoms with Crippen molar-refractivity contribution in [3.05, 3.63) is 59.0 Å². The Balaban J connectivity index is 1.45. The molecule has 0 nitrogen and oxygen atoms in total. The summed E-state index contributed by atoms with van der Waals surface area (Å²) in [5.74, 6) is 2.05. The second-order valence-corrected chi connectivity index (χ2v) is 11.2. The molecule has 0 N–H and O–H groups in total. The molecule has 0 spiro atoms. The van der Waals surface area contributed by atoms with Crippen molar-refractivity contribution >= 4 is 11.9 Å². The zero-order valence-electron chi connectivity index (χ0n) is 21.3. The van der Waals surface area contributed by atoms with Gasteiger partial charge in [0.1, 0.15) is 5.83 Å². The van der Waals surface area contributed by atoms with Crippen molar-refractivity contribution in [2.24, 2.45) is 29.1 Å². The standard InChI is InChI=1S/C32H44F2/c1-3-5-7-11-24-14-16-25(17-15-24)26-18-20-28(21-19-26)32(22-10-6-4-2)23-27-12-8-9-13-29(27)30(33)31(32)34/h4,6-9,11-13,23-26,28,31H,3,5,10,14-22H2,1-2H3/b6-4+,11-7+. The third kappa shape index (κ3) is 5.42. The molecular formula is C32H44F2. The lowest BCUT2D eigenvalue weighted by molar-refractivity contribution is 0.0608. The highest BCUT2D eigenvalue weighted by Gasteiger charge is 2.48. The minimum atomic E-state index is -1.53. The van der Waals surface area contributed by atoms with E-state index in [2.05, 4.69) is 31.2 Å². The molecule has 0 radical (unpaired) electrons. The highest BCUT2D eigenvalue weighted by atomic mass is 19.2. The molecule has 0 amide bonds. The van der Waals surface area contributed by atoms with Gasteiger partial charge in [0, 0.05) is 10.6 Å². The zero-order chi connectivity index (χ0) is 24.0. The predicted molar refractivity (Wildman–Crippen MR) is 141 cm³/mol. The number of hydrogen-bond acceptors (Lipinski definition) is 0. The molecule has 2 atom stereocenters. The van der Waals surface area contributed by atoms with E-state index in [9.17, 15) is 0 Å². The van der Waals surface area contributed by atoms with E-state index in [0.717, 1.165) is 42.2 Å². The van der Waals surface area contributed by atoms with E-state index >= 15 is 8.78 Å². The van der Waals surface area contributed by atoms with E-state index in [1.54, 1.807) is 6.07 Å². The lowest BCUT2D eigenvalue weighted by Crippen LogP contribution is -2.48. The summed E-state index contributed by atoms with van der Waals surface area (Å²) in [6.07, 6.45) is 23.3. The van der Waals surface area contributed by atoms with Crippen molar-refractivity contribution in [1.29, 1.82) is 0 Å². The van der Waals surface area contributed by atoms with Crippen molar-refractivity contribution in [2.45, 2.75) is 97.1 Å². The molecule has 4 rings (SSSR count). The molecule has 2 unspecified atom stereocenters. The zero-order valence-corrected chi connectivity index (χ0v) is 21.3. The van der Waals surface area contributed by atoms with Crippen LogP contribution < -0.4 is 10.4 Å². The summed E-state index contributed by atoms with van der Waals surface area (Å²) in [7, 11) is 0. The molecule has 0 bridgehead atoms. The first kappa shape index (κ1) is 25.4. The second-order valence-electron chi connectivity index (χ2n) is 11.2. The van der Waals surface area contributed by atoms with E-state index in [1.165, 1.54) is 51.4 Å². The summed E-state index contributed by atoms with van der Waals surface area (Å²) in [5, 5.41) is 1.33. The van der Waals surface area contributed by atoms with E-state index in [4.69, 9.17) is 0 Å². The number of unbranched alkanes of at least 4 members (excludes halogenated alkanes) is 1. The molecule has 0 heterocycles. The number of alkyl halides is 1. The Morgan fingerprint density at radius 2 is 1.59 bits per heavy atom. The van der Waals surface area contributed by atoms with Crippen molar-refractivity contribution in [2.75, 3.05) is 0 Å². The fourth-order valence-corrected chi connectivity index (χ4v) is 7.20. The maximum absolute atomic E-state index is 15.9. The van der Waals surface area contributed by atoms with Gasteiger partial charge in [-0.25, -0.2) is 8.78 Å². The van der Waals surface area contributed by atoms with Crippen LogP contribution >= 0.6 is 0 Å². The first-order valence-electron chi connectivity index (χ1n) is 14.0. The molecule has 2 saturated carbocycles. The van der Waals surface area contributed by atoms with Crippen LogP contribution in [-0.2, 0) is 0 Å². The highest BCUT2D eigenvalue weighted by molar-refractivity contribution is 5.55. The van der Waals surface area contributed by atoms with Gasteiger partial charge in [-0.05, 0) is 106 Å². The maximum Gasteiger partial charge on any atom is 0.161 e. The van der Waals surface area contributed by atoms with Crippen LogP contribution in [0.5, 0.6) is 0 Å². The van der Waals surface area contributed by atoms with Gasteiger partial charge in [-0.15, -0.1) is 0 Å². The molecule has 2 heteroatoms. The average Bonchev–Trinajstić information content (AvgIpc) is 2.88. The van der Waals surface area contributed by atoms with E-state index in [1.807, 2.05) is 31.2 Å². The van der Waals surface area contributed by atoms with Gasteiger partial charge in [-0.1, -0.05) is 68.0 Å². The molecule has 0 aromatic heterocycles. The van der Waals surface area contributed by atoms with Gasteiger partial charge in [0.2, 0.25) is 0 Å². The Bertz CT molecular complexity index is 957. The number of benzene rings is 1.